The standard InChI is InChI=1S/C8H17NOS/c1-2-11(10)8-5-3-4-7(8)6-9/h7-8H,2-6,9H2,1H3. The van der Waals surface area contributed by atoms with Crippen LogP contribution in [-0.4, -0.2) is 21.8 Å². The summed E-state index contributed by atoms with van der Waals surface area (Å²) in [5.74, 6) is 1.33. The van der Waals surface area contributed by atoms with Crippen LogP contribution in [-0.2, 0) is 10.8 Å². The third kappa shape index (κ3) is 2.03. The van der Waals surface area contributed by atoms with E-state index in [0.717, 1.165) is 18.7 Å². The van der Waals surface area contributed by atoms with E-state index in [-0.39, 0.29) is 0 Å². The summed E-state index contributed by atoms with van der Waals surface area (Å²) in [7, 11) is -0.612. The topological polar surface area (TPSA) is 43.1 Å². The summed E-state index contributed by atoms with van der Waals surface area (Å²) in [6.07, 6.45) is 3.54. The molecule has 0 aromatic heterocycles. The van der Waals surface area contributed by atoms with Crippen molar-refractivity contribution in [2.45, 2.75) is 31.4 Å². The molecule has 1 saturated carbocycles. The van der Waals surface area contributed by atoms with Crippen LogP contribution in [0.5, 0.6) is 0 Å². The second kappa shape index (κ2) is 4.21. The van der Waals surface area contributed by atoms with E-state index >= 15 is 0 Å². The lowest BCUT2D eigenvalue weighted by Gasteiger charge is -2.15. The summed E-state index contributed by atoms with van der Waals surface area (Å²) < 4.78 is 11.4. The molecular formula is C8H17NOS. The highest BCUT2D eigenvalue weighted by Crippen LogP contribution is 2.28. The number of hydrogen-bond acceptors (Lipinski definition) is 2. The first-order chi connectivity index (χ1) is 5.29. The fraction of sp³-hybridized carbons (Fsp3) is 1.00. The molecule has 0 aromatic rings. The van der Waals surface area contributed by atoms with Gasteiger partial charge in [-0.15, -0.1) is 0 Å². The predicted molar refractivity (Wildman–Crippen MR) is 48.9 cm³/mol. The van der Waals surface area contributed by atoms with Gasteiger partial charge in [0.05, 0.1) is 0 Å². The van der Waals surface area contributed by atoms with Crippen molar-refractivity contribution in [3.05, 3.63) is 0 Å². The molecule has 2 nitrogen and oxygen atoms in total. The lowest BCUT2D eigenvalue weighted by Crippen LogP contribution is -2.27. The van der Waals surface area contributed by atoms with E-state index in [1.54, 1.807) is 0 Å². The molecular weight excluding hydrogens is 158 g/mol. The zero-order valence-corrected chi connectivity index (χ0v) is 7.90. The Labute approximate surface area is 71.0 Å². The highest BCUT2D eigenvalue weighted by molar-refractivity contribution is 7.85. The van der Waals surface area contributed by atoms with Crippen LogP contribution in [0.25, 0.3) is 0 Å². The van der Waals surface area contributed by atoms with Crippen molar-refractivity contribution in [1.82, 2.24) is 0 Å². The second-order valence-corrected chi connectivity index (χ2v) is 5.08. The molecule has 66 valence electrons. The first-order valence-electron chi connectivity index (χ1n) is 4.36. The molecule has 0 spiro atoms. The van der Waals surface area contributed by atoms with Crippen LogP contribution in [0.2, 0.25) is 0 Å². The monoisotopic (exact) mass is 175 g/mol. The van der Waals surface area contributed by atoms with Crippen molar-refractivity contribution in [1.29, 1.82) is 0 Å². The zero-order valence-electron chi connectivity index (χ0n) is 7.08. The van der Waals surface area contributed by atoms with Crippen LogP contribution in [0, 0.1) is 5.92 Å². The lowest BCUT2D eigenvalue weighted by molar-refractivity contribution is 0.558. The molecule has 2 N–H and O–H groups in total. The summed E-state index contributed by atoms with van der Waals surface area (Å²) in [6, 6.07) is 0. The molecule has 1 fully saturated rings. The van der Waals surface area contributed by atoms with Crippen LogP contribution < -0.4 is 5.73 Å². The van der Waals surface area contributed by atoms with E-state index in [1.807, 2.05) is 6.92 Å². The predicted octanol–water partition coefficient (Wildman–Crippen LogP) is 0.882. The Hall–Kier alpha value is 0.110. The van der Waals surface area contributed by atoms with Crippen molar-refractivity contribution in [3.8, 4) is 0 Å². The van der Waals surface area contributed by atoms with Crippen LogP contribution >= 0.6 is 0 Å². The van der Waals surface area contributed by atoms with Gasteiger partial charge in [0.15, 0.2) is 0 Å². The van der Waals surface area contributed by atoms with E-state index in [9.17, 15) is 4.21 Å². The van der Waals surface area contributed by atoms with Crippen LogP contribution in [0.3, 0.4) is 0 Å². The molecule has 3 unspecified atom stereocenters. The Morgan fingerprint density at radius 2 is 2.27 bits per heavy atom. The summed E-state index contributed by atoms with van der Waals surface area (Å²) in [5, 5.41) is 0.407. The molecule has 3 atom stereocenters. The van der Waals surface area contributed by atoms with Crippen molar-refractivity contribution in [2.75, 3.05) is 12.3 Å². The Balaban J connectivity index is 2.49. The smallest absolute Gasteiger partial charge is 0.0388 e. The molecule has 1 aliphatic rings. The Morgan fingerprint density at radius 3 is 2.82 bits per heavy atom. The van der Waals surface area contributed by atoms with E-state index in [1.165, 1.54) is 12.8 Å². The average molecular weight is 175 g/mol. The quantitative estimate of drug-likeness (QED) is 0.692. The summed E-state index contributed by atoms with van der Waals surface area (Å²) >= 11 is 0. The van der Waals surface area contributed by atoms with Gasteiger partial charge in [-0.3, -0.25) is 4.21 Å². The van der Waals surface area contributed by atoms with Crippen molar-refractivity contribution >= 4 is 10.8 Å². The van der Waals surface area contributed by atoms with Gasteiger partial charge in [0.25, 0.3) is 0 Å². The first kappa shape index (κ1) is 9.20. The van der Waals surface area contributed by atoms with Crippen molar-refractivity contribution in [2.24, 2.45) is 11.7 Å². The fourth-order valence-corrected chi connectivity index (χ4v) is 3.37. The van der Waals surface area contributed by atoms with E-state index in [0.29, 0.717) is 11.2 Å². The molecule has 0 amide bonds. The maximum atomic E-state index is 11.4. The Bertz CT molecular complexity index is 149. The molecule has 0 radical (unpaired) electrons. The van der Waals surface area contributed by atoms with E-state index in [4.69, 9.17) is 5.73 Å². The summed E-state index contributed by atoms with van der Waals surface area (Å²) in [4.78, 5) is 0. The van der Waals surface area contributed by atoms with Gasteiger partial charge in [0.1, 0.15) is 0 Å². The highest BCUT2D eigenvalue weighted by Gasteiger charge is 2.29. The number of hydrogen-bond donors (Lipinski definition) is 1. The Kier molecular flexibility index (Phi) is 3.52. The number of nitrogens with two attached hydrogens (primary N) is 1. The van der Waals surface area contributed by atoms with Crippen LogP contribution in [0.1, 0.15) is 26.2 Å². The minimum Gasteiger partial charge on any atom is -0.330 e. The summed E-state index contributed by atoms with van der Waals surface area (Å²) in [6.45, 7) is 2.71. The second-order valence-electron chi connectivity index (χ2n) is 3.13. The normalized spacial score (nSPS) is 34.0. The molecule has 3 heteroatoms. The van der Waals surface area contributed by atoms with Crippen LogP contribution in [0.4, 0.5) is 0 Å². The molecule has 0 aliphatic heterocycles. The molecule has 1 aliphatic carbocycles. The molecule has 0 bridgehead atoms. The molecule has 1 rings (SSSR count). The zero-order chi connectivity index (χ0) is 8.27. The SMILES string of the molecule is CCS(=O)C1CCCC1CN. The summed E-state index contributed by atoms with van der Waals surface area (Å²) in [5.41, 5.74) is 5.58. The lowest BCUT2D eigenvalue weighted by atomic mass is 10.1. The van der Waals surface area contributed by atoms with Gasteiger partial charge in [-0.1, -0.05) is 13.3 Å². The Morgan fingerprint density at radius 1 is 1.55 bits per heavy atom. The van der Waals surface area contributed by atoms with Gasteiger partial charge in [-0.25, -0.2) is 0 Å². The number of rotatable bonds is 3. The molecule has 11 heavy (non-hydrogen) atoms. The van der Waals surface area contributed by atoms with Gasteiger partial charge in [0.2, 0.25) is 0 Å². The molecule has 0 aromatic carbocycles. The largest absolute Gasteiger partial charge is 0.330 e. The average Bonchev–Trinajstić information content (AvgIpc) is 2.50. The van der Waals surface area contributed by atoms with Gasteiger partial charge in [-0.05, 0) is 25.3 Å². The first-order valence-corrected chi connectivity index (χ1v) is 5.75. The third-order valence-electron chi connectivity index (χ3n) is 2.51. The minimum absolute atomic E-state index is 0.407. The van der Waals surface area contributed by atoms with Gasteiger partial charge in [0, 0.05) is 21.8 Å². The molecule has 0 saturated heterocycles. The third-order valence-corrected chi connectivity index (χ3v) is 4.38. The fourth-order valence-electron chi connectivity index (χ4n) is 1.83. The van der Waals surface area contributed by atoms with Crippen molar-refractivity contribution in [3.63, 3.8) is 0 Å². The highest BCUT2D eigenvalue weighted by atomic mass is 32.2. The van der Waals surface area contributed by atoms with Gasteiger partial charge >= 0.3 is 0 Å². The molecule has 0 heterocycles. The van der Waals surface area contributed by atoms with Gasteiger partial charge in [-0.2, -0.15) is 0 Å². The van der Waals surface area contributed by atoms with Crippen LogP contribution in [0.15, 0.2) is 0 Å². The maximum absolute atomic E-state index is 11.4. The maximum Gasteiger partial charge on any atom is 0.0388 e. The van der Waals surface area contributed by atoms with Gasteiger partial charge < -0.3 is 5.73 Å². The minimum atomic E-state index is -0.612. The van der Waals surface area contributed by atoms with E-state index < -0.39 is 10.8 Å². The van der Waals surface area contributed by atoms with E-state index in [2.05, 4.69) is 0 Å². The van der Waals surface area contributed by atoms with Crippen molar-refractivity contribution < 1.29 is 4.21 Å².